The molecule has 26 heavy (non-hydrogen) atoms. The molecule has 0 unspecified atom stereocenters. The molecule has 1 heterocycles. The van der Waals surface area contributed by atoms with Gasteiger partial charge in [-0.05, 0) is 47.4 Å². The highest BCUT2D eigenvalue weighted by molar-refractivity contribution is 5.92. The van der Waals surface area contributed by atoms with Gasteiger partial charge >= 0.3 is 0 Å². The molecule has 1 aliphatic heterocycles. The van der Waals surface area contributed by atoms with Gasteiger partial charge in [-0.1, -0.05) is 32.0 Å². The standard InChI is InChI=1S/C21H22FNO3/c1-14(2)21(16-6-9-18-19(13-16)26-12-11-25-18)23-20(24)10-5-15-3-7-17(22)8-4-15/h3-10,13-14,21H,11-12H2,1-2H3,(H,23,24)/b10-5+/t21-/m0/s1. The zero-order valence-corrected chi connectivity index (χ0v) is 14.9. The van der Waals surface area contributed by atoms with Crippen LogP contribution in [0.3, 0.4) is 0 Å². The molecule has 1 aliphatic rings. The Balaban J connectivity index is 1.72. The van der Waals surface area contributed by atoms with Gasteiger partial charge in [0.25, 0.3) is 0 Å². The van der Waals surface area contributed by atoms with E-state index in [1.165, 1.54) is 18.2 Å². The van der Waals surface area contributed by atoms with E-state index in [4.69, 9.17) is 9.47 Å². The van der Waals surface area contributed by atoms with Crippen molar-refractivity contribution in [2.24, 2.45) is 5.92 Å². The number of hydrogen-bond acceptors (Lipinski definition) is 3. The number of nitrogens with one attached hydrogen (secondary N) is 1. The number of carbonyl (C=O) groups is 1. The maximum atomic E-state index is 12.9. The molecule has 2 aromatic rings. The van der Waals surface area contributed by atoms with Gasteiger partial charge in [0.1, 0.15) is 19.0 Å². The van der Waals surface area contributed by atoms with E-state index in [0.29, 0.717) is 19.0 Å². The zero-order chi connectivity index (χ0) is 18.5. The summed E-state index contributed by atoms with van der Waals surface area (Å²) >= 11 is 0. The van der Waals surface area contributed by atoms with Gasteiger partial charge in [0.2, 0.25) is 5.91 Å². The fourth-order valence-corrected chi connectivity index (χ4v) is 2.84. The van der Waals surface area contributed by atoms with Crippen LogP contribution in [0.2, 0.25) is 0 Å². The first-order valence-corrected chi connectivity index (χ1v) is 8.66. The van der Waals surface area contributed by atoms with Crippen molar-refractivity contribution in [1.82, 2.24) is 5.32 Å². The minimum Gasteiger partial charge on any atom is -0.486 e. The smallest absolute Gasteiger partial charge is 0.244 e. The Morgan fingerprint density at radius 2 is 1.77 bits per heavy atom. The lowest BCUT2D eigenvalue weighted by atomic mass is 9.95. The number of rotatable bonds is 5. The third-order valence-electron chi connectivity index (χ3n) is 4.19. The third kappa shape index (κ3) is 4.42. The first-order chi connectivity index (χ1) is 12.5. The first-order valence-electron chi connectivity index (χ1n) is 8.66. The molecule has 0 saturated carbocycles. The van der Waals surface area contributed by atoms with E-state index in [-0.39, 0.29) is 23.7 Å². The Morgan fingerprint density at radius 3 is 2.46 bits per heavy atom. The maximum Gasteiger partial charge on any atom is 0.244 e. The molecule has 3 rings (SSSR count). The summed E-state index contributed by atoms with van der Waals surface area (Å²) in [5, 5.41) is 3.02. The van der Waals surface area contributed by atoms with Crippen LogP contribution in [0.15, 0.2) is 48.5 Å². The number of ether oxygens (including phenoxy) is 2. The molecular weight excluding hydrogens is 333 g/mol. The van der Waals surface area contributed by atoms with Gasteiger partial charge < -0.3 is 14.8 Å². The Morgan fingerprint density at radius 1 is 1.08 bits per heavy atom. The third-order valence-corrected chi connectivity index (χ3v) is 4.19. The van der Waals surface area contributed by atoms with Gasteiger partial charge in [-0.3, -0.25) is 4.79 Å². The average Bonchev–Trinajstić information content (AvgIpc) is 2.65. The molecule has 1 amide bonds. The van der Waals surface area contributed by atoms with Crippen molar-refractivity contribution >= 4 is 12.0 Å². The van der Waals surface area contributed by atoms with E-state index in [1.807, 2.05) is 32.0 Å². The number of amides is 1. The number of halogens is 1. The van der Waals surface area contributed by atoms with Crippen molar-refractivity contribution in [1.29, 1.82) is 0 Å². The van der Waals surface area contributed by atoms with E-state index in [9.17, 15) is 9.18 Å². The molecule has 4 nitrogen and oxygen atoms in total. The van der Waals surface area contributed by atoms with Gasteiger partial charge in [-0.2, -0.15) is 0 Å². The highest BCUT2D eigenvalue weighted by atomic mass is 19.1. The number of fused-ring (bicyclic) bond motifs is 1. The van der Waals surface area contributed by atoms with Gasteiger partial charge in [-0.15, -0.1) is 0 Å². The van der Waals surface area contributed by atoms with E-state index in [1.54, 1.807) is 18.2 Å². The van der Waals surface area contributed by atoms with Gasteiger partial charge in [0, 0.05) is 6.08 Å². The Kier molecular flexibility index (Phi) is 5.56. The SMILES string of the molecule is CC(C)[C@H](NC(=O)/C=C/c1ccc(F)cc1)c1ccc2c(c1)OCCO2. The Hall–Kier alpha value is -2.82. The molecule has 136 valence electrons. The first kappa shape index (κ1) is 18.0. The second-order valence-corrected chi connectivity index (χ2v) is 6.52. The van der Waals surface area contributed by atoms with Crippen LogP contribution in [0.1, 0.15) is 31.0 Å². The molecule has 1 atom stereocenters. The number of carbonyl (C=O) groups excluding carboxylic acids is 1. The highest BCUT2D eigenvalue weighted by Crippen LogP contribution is 2.34. The molecule has 0 bridgehead atoms. The molecule has 0 fully saturated rings. The van der Waals surface area contributed by atoms with Crippen molar-refractivity contribution < 1.29 is 18.7 Å². The van der Waals surface area contributed by atoms with Crippen LogP contribution in [0.4, 0.5) is 4.39 Å². The molecule has 0 aromatic heterocycles. The minimum atomic E-state index is -0.301. The van der Waals surface area contributed by atoms with Crippen LogP contribution in [0.25, 0.3) is 6.08 Å². The second-order valence-electron chi connectivity index (χ2n) is 6.52. The summed E-state index contributed by atoms with van der Waals surface area (Å²) in [6, 6.07) is 11.6. The van der Waals surface area contributed by atoms with E-state index >= 15 is 0 Å². The molecule has 2 aromatic carbocycles. The summed E-state index contributed by atoms with van der Waals surface area (Å²) in [5.41, 5.74) is 1.73. The molecule has 0 aliphatic carbocycles. The fourth-order valence-electron chi connectivity index (χ4n) is 2.84. The van der Waals surface area contributed by atoms with Gasteiger partial charge in [0.05, 0.1) is 6.04 Å². The Bertz CT molecular complexity index is 799. The van der Waals surface area contributed by atoms with Crippen LogP contribution in [0.5, 0.6) is 11.5 Å². The van der Waals surface area contributed by atoms with Crippen molar-refractivity contribution in [3.05, 3.63) is 65.5 Å². The Labute approximate surface area is 152 Å². The van der Waals surface area contributed by atoms with E-state index in [0.717, 1.165) is 16.9 Å². The minimum absolute atomic E-state index is 0.156. The predicted octanol–water partition coefficient (Wildman–Crippen LogP) is 4.12. The van der Waals surface area contributed by atoms with Crippen molar-refractivity contribution in [2.45, 2.75) is 19.9 Å². The highest BCUT2D eigenvalue weighted by Gasteiger charge is 2.20. The van der Waals surface area contributed by atoms with Crippen molar-refractivity contribution in [3.8, 4) is 11.5 Å². The lowest BCUT2D eigenvalue weighted by Gasteiger charge is -2.25. The summed E-state index contributed by atoms with van der Waals surface area (Å²) in [7, 11) is 0. The summed E-state index contributed by atoms with van der Waals surface area (Å²) < 4.78 is 24.1. The van der Waals surface area contributed by atoms with Crippen LogP contribution < -0.4 is 14.8 Å². The molecule has 1 N–H and O–H groups in total. The number of hydrogen-bond donors (Lipinski definition) is 1. The quantitative estimate of drug-likeness (QED) is 0.821. The molecule has 0 radical (unpaired) electrons. The topological polar surface area (TPSA) is 47.6 Å². The largest absolute Gasteiger partial charge is 0.486 e. The summed E-state index contributed by atoms with van der Waals surface area (Å²) in [6.07, 6.45) is 3.12. The number of benzene rings is 2. The summed E-state index contributed by atoms with van der Waals surface area (Å²) in [5.74, 6) is 1.12. The fraction of sp³-hybridized carbons (Fsp3) is 0.286. The van der Waals surface area contributed by atoms with Crippen LogP contribution in [-0.4, -0.2) is 19.1 Å². The van der Waals surface area contributed by atoms with E-state index < -0.39 is 0 Å². The lowest BCUT2D eigenvalue weighted by Crippen LogP contribution is -2.30. The van der Waals surface area contributed by atoms with Gasteiger partial charge in [0.15, 0.2) is 11.5 Å². The van der Waals surface area contributed by atoms with Crippen molar-refractivity contribution in [2.75, 3.05) is 13.2 Å². The molecule has 0 spiro atoms. The lowest BCUT2D eigenvalue weighted by molar-refractivity contribution is -0.117. The van der Waals surface area contributed by atoms with Crippen LogP contribution >= 0.6 is 0 Å². The van der Waals surface area contributed by atoms with Gasteiger partial charge in [-0.25, -0.2) is 4.39 Å². The van der Waals surface area contributed by atoms with E-state index in [2.05, 4.69) is 5.32 Å². The maximum absolute atomic E-state index is 12.9. The molecule has 5 heteroatoms. The second kappa shape index (κ2) is 8.04. The normalized spacial score (nSPS) is 14.5. The predicted molar refractivity (Wildman–Crippen MR) is 98.6 cm³/mol. The monoisotopic (exact) mass is 355 g/mol. The van der Waals surface area contributed by atoms with Crippen LogP contribution in [0, 0.1) is 11.7 Å². The summed E-state index contributed by atoms with van der Waals surface area (Å²) in [4.78, 5) is 12.3. The average molecular weight is 355 g/mol. The zero-order valence-electron chi connectivity index (χ0n) is 14.9. The van der Waals surface area contributed by atoms with Crippen molar-refractivity contribution in [3.63, 3.8) is 0 Å². The molecular formula is C21H22FNO3. The molecule has 0 saturated heterocycles. The van der Waals surface area contributed by atoms with Crippen LogP contribution in [-0.2, 0) is 4.79 Å². The summed E-state index contributed by atoms with van der Waals surface area (Å²) in [6.45, 7) is 5.16.